The van der Waals surface area contributed by atoms with Gasteiger partial charge in [0.2, 0.25) is 0 Å². The van der Waals surface area contributed by atoms with Crippen LogP contribution < -0.4 is 0 Å². The molecule has 1 aromatic rings. The molecule has 0 saturated heterocycles. The van der Waals surface area contributed by atoms with Crippen LogP contribution in [0.1, 0.15) is 40.2 Å². The Morgan fingerprint density at radius 2 is 1.54 bits per heavy atom. The number of rotatable bonds is 1. The highest BCUT2D eigenvalue weighted by Gasteiger charge is 2.10. The second-order valence-corrected chi connectivity index (χ2v) is 4.09. The molecule has 0 aliphatic carbocycles. The van der Waals surface area contributed by atoms with Gasteiger partial charge in [-0.25, -0.2) is 0 Å². The largest absolute Gasteiger partial charge is 0.265 e. The molecule has 1 heteroatoms. The van der Waals surface area contributed by atoms with Gasteiger partial charge in [0.05, 0.1) is 0 Å². The van der Waals surface area contributed by atoms with Crippen molar-refractivity contribution in [2.75, 3.05) is 0 Å². The lowest BCUT2D eigenvalue weighted by molar-refractivity contribution is 0.411. The Bertz CT molecular complexity index is 208. The molecule has 1 nitrogen and oxygen atoms in total. The van der Waals surface area contributed by atoms with Crippen LogP contribution in [0.3, 0.4) is 0 Å². The molecule has 0 atom stereocenters. The fourth-order valence-electron chi connectivity index (χ4n) is 1.11. The normalized spacial score (nSPS) is 10.2. The quantitative estimate of drug-likeness (QED) is 0.640. The summed E-state index contributed by atoms with van der Waals surface area (Å²) in [5.74, 6) is 0. The van der Waals surface area contributed by atoms with E-state index in [0.29, 0.717) is 5.41 Å². The van der Waals surface area contributed by atoms with Gasteiger partial charge in [-0.3, -0.25) is 4.98 Å². The molecule has 0 aliphatic heterocycles. The molecule has 0 N–H and O–H groups in total. The van der Waals surface area contributed by atoms with Crippen molar-refractivity contribution in [2.45, 2.75) is 41.0 Å². The van der Waals surface area contributed by atoms with Crippen LogP contribution in [0, 0.1) is 5.41 Å². The second-order valence-electron chi connectivity index (χ2n) is 4.09. The molecule has 13 heavy (non-hydrogen) atoms. The van der Waals surface area contributed by atoms with Gasteiger partial charge in [0.1, 0.15) is 0 Å². The number of hydrogen-bond acceptors (Lipinski definition) is 1. The van der Waals surface area contributed by atoms with Crippen LogP contribution in [0.2, 0.25) is 0 Å². The van der Waals surface area contributed by atoms with Gasteiger partial charge in [0, 0.05) is 12.4 Å². The molecule has 1 rings (SSSR count). The maximum absolute atomic E-state index is 3.98. The molecule has 0 unspecified atom stereocenters. The maximum atomic E-state index is 3.98. The van der Waals surface area contributed by atoms with Crippen LogP contribution >= 0.6 is 0 Å². The predicted molar refractivity (Wildman–Crippen MR) is 58.7 cm³/mol. The fourth-order valence-corrected chi connectivity index (χ4v) is 1.11. The predicted octanol–water partition coefficient (Wildman–Crippen LogP) is 3.70. The lowest BCUT2D eigenvalue weighted by Crippen LogP contribution is -2.08. The first-order valence-corrected chi connectivity index (χ1v) is 4.97. The van der Waals surface area contributed by atoms with Crippen molar-refractivity contribution in [3.05, 3.63) is 30.1 Å². The van der Waals surface area contributed by atoms with E-state index in [-0.39, 0.29) is 0 Å². The van der Waals surface area contributed by atoms with E-state index < -0.39 is 0 Å². The number of nitrogens with zero attached hydrogens (tertiary/aromatic N) is 1. The van der Waals surface area contributed by atoms with Gasteiger partial charge in [0.25, 0.3) is 0 Å². The van der Waals surface area contributed by atoms with E-state index in [4.69, 9.17) is 0 Å². The van der Waals surface area contributed by atoms with Gasteiger partial charge in [0.15, 0.2) is 0 Å². The minimum absolute atomic E-state index is 0.376. The Labute approximate surface area is 82.2 Å². The Morgan fingerprint density at radius 3 is 1.92 bits per heavy atom. The summed E-state index contributed by atoms with van der Waals surface area (Å²) in [6.07, 6.45) is 4.82. The van der Waals surface area contributed by atoms with Crippen molar-refractivity contribution in [1.82, 2.24) is 4.98 Å². The lowest BCUT2D eigenvalue weighted by Gasteiger charge is -2.17. The molecule has 0 amide bonds. The van der Waals surface area contributed by atoms with E-state index in [9.17, 15) is 0 Å². The van der Waals surface area contributed by atoms with Crippen molar-refractivity contribution >= 4 is 0 Å². The first-order chi connectivity index (χ1) is 6.08. The van der Waals surface area contributed by atoms with E-state index in [1.165, 1.54) is 5.56 Å². The zero-order valence-corrected chi connectivity index (χ0v) is 9.46. The summed E-state index contributed by atoms with van der Waals surface area (Å²) in [7, 11) is 0. The van der Waals surface area contributed by atoms with Crippen LogP contribution in [0.25, 0.3) is 0 Å². The highest BCUT2D eigenvalue weighted by Crippen LogP contribution is 2.19. The minimum atomic E-state index is 0.376. The first kappa shape index (κ1) is 12.2. The smallest absolute Gasteiger partial charge is 0.0270 e. The maximum Gasteiger partial charge on any atom is 0.0270 e. The number of pyridine rings is 1. The van der Waals surface area contributed by atoms with Gasteiger partial charge in [-0.15, -0.1) is 0 Å². The number of aromatic nitrogens is 1. The van der Waals surface area contributed by atoms with Crippen LogP contribution in [0.4, 0.5) is 0 Å². The van der Waals surface area contributed by atoms with Crippen molar-refractivity contribution in [2.24, 2.45) is 5.41 Å². The molecule has 0 spiro atoms. The van der Waals surface area contributed by atoms with Gasteiger partial charge >= 0.3 is 0 Å². The zero-order valence-electron chi connectivity index (χ0n) is 9.46. The van der Waals surface area contributed by atoms with Gasteiger partial charge < -0.3 is 0 Å². The summed E-state index contributed by atoms with van der Waals surface area (Å²) >= 11 is 0. The summed E-state index contributed by atoms with van der Waals surface area (Å²) < 4.78 is 0. The van der Waals surface area contributed by atoms with Gasteiger partial charge in [-0.1, -0.05) is 34.6 Å². The molecule has 0 aromatic carbocycles. The SMILES string of the molecule is CC.CC(C)(C)Cc1ccncc1. The highest BCUT2D eigenvalue weighted by molar-refractivity contribution is 5.11. The summed E-state index contributed by atoms with van der Waals surface area (Å²) in [4.78, 5) is 3.98. The fraction of sp³-hybridized carbons (Fsp3) is 0.583. The molecular weight excluding hydrogens is 158 g/mol. The van der Waals surface area contributed by atoms with E-state index in [2.05, 4.69) is 37.9 Å². The van der Waals surface area contributed by atoms with Gasteiger partial charge in [-0.2, -0.15) is 0 Å². The third kappa shape index (κ3) is 6.32. The average Bonchev–Trinajstić information content (AvgIpc) is 2.07. The van der Waals surface area contributed by atoms with E-state index in [1.807, 2.05) is 26.2 Å². The minimum Gasteiger partial charge on any atom is -0.265 e. The van der Waals surface area contributed by atoms with Crippen LogP contribution in [-0.2, 0) is 6.42 Å². The molecule has 0 bridgehead atoms. The van der Waals surface area contributed by atoms with Crippen molar-refractivity contribution in [3.8, 4) is 0 Å². The second kappa shape index (κ2) is 5.74. The molecular formula is C12H21N. The lowest BCUT2D eigenvalue weighted by atomic mass is 9.89. The molecule has 1 aromatic heterocycles. The third-order valence-electron chi connectivity index (χ3n) is 1.48. The Balaban J connectivity index is 0.000000671. The Hall–Kier alpha value is -0.850. The topological polar surface area (TPSA) is 12.9 Å². The molecule has 74 valence electrons. The third-order valence-corrected chi connectivity index (χ3v) is 1.48. The molecule has 0 aliphatic rings. The standard InChI is InChI=1S/C10H15N.C2H6/c1-10(2,3)8-9-4-6-11-7-5-9;1-2/h4-7H,8H2,1-3H3;1-2H3. The van der Waals surface area contributed by atoms with E-state index in [0.717, 1.165) is 6.42 Å². The van der Waals surface area contributed by atoms with Crippen LogP contribution in [-0.4, -0.2) is 4.98 Å². The van der Waals surface area contributed by atoms with Crippen LogP contribution in [0.15, 0.2) is 24.5 Å². The summed E-state index contributed by atoms with van der Waals surface area (Å²) in [5.41, 5.74) is 1.74. The zero-order chi connectivity index (χ0) is 10.3. The highest BCUT2D eigenvalue weighted by atomic mass is 14.6. The van der Waals surface area contributed by atoms with Crippen molar-refractivity contribution in [3.63, 3.8) is 0 Å². The molecule has 0 saturated carbocycles. The number of hydrogen-bond donors (Lipinski definition) is 0. The Morgan fingerprint density at radius 1 is 1.08 bits per heavy atom. The summed E-state index contributed by atoms with van der Waals surface area (Å²) in [6.45, 7) is 10.7. The summed E-state index contributed by atoms with van der Waals surface area (Å²) in [5, 5.41) is 0. The molecule has 0 fully saturated rings. The van der Waals surface area contributed by atoms with Gasteiger partial charge in [-0.05, 0) is 29.5 Å². The Kier molecular flexibility index (Phi) is 5.36. The van der Waals surface area contributed by atoms with E-state index >= 15 is 0 Å². The van der Waals surface area contributed by atoms with E-state index in [1.54, 1.807) is 0 Å². The van der Waals surface area contributed by atoms with Crippen LogP contribution in [0.5, 0.6) is 0 Å². The molecule has 0 radical (unpaired) electrons. The monoisotopic (exact) mass is 179 g/mol. The van der Waals surface area contributed by atoms with Crippen molar-refractivity contribution < 1.29 is 0 Å². The summed E-state index contributed by atoms with van der Waals surface area (Å²) in [6, 6.07) is 4.15. The van der Waals surface area contributed by atoms with Crippen molar-refractivity contribution in [1.29, 1.82) is 0 Å². The first-order valence-electron chi connectivity index (χ1n) is 4.97. The molecule has 1 heterocycles. The average molecular weight is 179 g/mol.